The minimum atomic E-state index is -0.129. The number of aliphatic hydroxyl groups excluding tert-OH is 1. The predicted octanol–water partition coefficient (Wildman–Crippen LogP) is 2.91. The molecule has 3 rings (SSSR count). The Labute approximate surface area is 190 Å². The molecule has 0 bridgehead atoms. The number of morpholine rings is 1. The van der Waals surface area contributed by atoms with E-state index in [9.17, 15) is 5.11 Å². The molecule has 1 saturated carbocycles. The third-order valence-corrected chi connectivity index (χ3v) is 6.48. The van der Waals surface area contributed by atoms with Crippen molar-refractivity contribution >= 4 is 41.3 Å². The van der Waals surface area contributed by atoms with Gasteiger partial charge in [0.25, 0.3) is 0 Å². The minimum absolute atomic E-state index is 0. The number of aliphatic hydroxyl groups is 1. The van der Waals surface area contributed by atoms with Gasteiger partial charge in [-0.3, -0.25) is 9.89 Å². The zero-order chi connectivity index (χ0) is 19.1. The average molecular weight is 522 g/mol. The smallest absolute Gasteiger partial charge is 0.191 e. The molecule has 1 atom stereocenters. The predicted molar refractivity (Wildman–Crippen MR) is 127 cm³/mol. The van der Waals surface area contributed by atoms with E-state index in [1.807, 2.05) is 11.3 Å². The first kappa shape index (κ1) is 23.9. The molecule has 1 aliphatic carbocycles. The first-order valence-corrected chi connectivity index (χ1v) is 11.1. The largest absolute Gasteiger partial charge is 0.393 e. The maximum Gasteiger partial charge on any atom is 0.191 e. The SMILES string of the molecule is CCNC(=NCC(c1ccc(C)s1)N1CCOCC1)NC1CCC(O)CC1.I. The van der Waals surface area contributed by atoms with E-state index in [-0.39, 0.29) is 30.1 Å². The number of ether oxygens (including phenoxy) is 1. The molecule has 6 nitrogen and oxygen atoms in total. The molecule has 2 fully saturated rings. The van der Waals surface area contributed by atoms with Gasteiger partial charge in [0.05, 0.1) is 31.9 Å². The fourth-order valence-corrected chi connectivity index (χ4v) is 4.82. The molecule has 1 saturated heterocycles. The monoisotopic (exact) mass is 522 g/mol. The highest BCUT2D eigenvalue weighted by Gasteiger charge is 2.24. The lowest BCUT2D eigenvalue weighted by Crippen LogP contribution is -2.46. The van der Waals surface area contributed by atoms with Crippen molar-refractivity contribution in [1.82, 2.24) is 15.5 Å². The number of nitrogens with one attached hydrogen (secondary N) is 2. The van der Waals surface area contributed by atoms with E-state index in [2.05, 4.69) is 41.5 Å². The van der Waals surface area contributed by atoms with Crippen LogP contribution >= 0.6 is 35.3 Å². The Morgan fingerprint density at radius 1 is 1.29 bits per heavy atom. The van der Waals surface area contributed by atoms with Crippen molar-refractivity contribution in [1.29, 1.82) is 0 Å². The van der Waals surface area contributed by atoms with Gasteiger partial charge in [0, 0.05) is 35.4 Å². The molecule has 0 amide bonds. The average Bonchev–Trinajstić information content (AvgIpc) is 3.11. The zero-order valence-electron chi connectivity index (χ0n) is 17.0. The lowest BCUT2D eigenvalue weighted by Gasteiger charge is -2.33. The maximum absolute atomic E-state index is 9.72. The summed E-state index contributed by atoms with van der Waals surface area (Å²) in [4.78, 5) is 10.2. The standard InChI is InChI=1S/C20H34N4O2S.HI/c1-3-21-20(23-16-5-7-17(25)8-6-16)22-14-18(19-9-4-15(2)27-19)24-10-12-26-13-11-24;/h4,9,16-18,25H,3,5-8,10-14H2,1-2H3,(H2,21,22,23);1H. The number of aryl methyl sites for hydroxylation is 1. The summed E-state index contributed by atoms with van der Waals surface area (Å²) in [5.74, 6) is 0.894. The van der Waals surface area contributed by atoms with Crippen LogP contribution in [0.15, 0.2) is 17.1 Å². The second-order valence-corrected chi connectivity index (χ2v) is 8.80. The quantitative estimate of drug-likeness (QED) is 0.305. The summed E-state index contributed by atoms with van der Waals surface area (Å²) in [6.07, 6.45) is 3.63. The van der Waals surface area contributed by atoms with Crippen LogP contribution in [0.1, 0.15) is 48.4 Å². The summed E-state index contributed by atoms with van der Waals surface area (Å²) in [5, 5.41) is 16.7. The van der Waals surface area contributed by atoms with Gasteiger partial charge in [-0.15, -0.1) is 35.3 Å². The summed E-state index contributed by atoms with van der Waals surface area (Å²) in [6.45, 7) is 9.37. The van der Waals surface area contributed by atoms with Crippen molar-refractivity contribution in [2.45, 2.75) is 57.7 Å². The van der Waals surface area contributed by atoms with Crippen LogP contribution in [-0.2, 0) is 4.74 Å². The van der Waals surface area contributed by atoms with Crippen LogP contribution in [-0.4, -0.2) is 67.5 Å². The van der Waals surface area contributed by atoms with Gasteiger partial charge in [0.1, 0.15) is 0 Å². The van der Waals surface area contributed by atoms with Crippen LogP contribution in [0.25, 0.3) is 0 Å². The molecule has 2 aliphatic rings. The normalized spacial score (nSPS) is 25.0. The summed E-state index contributed by atoms with van der Waals surface area (Å²) < 4.78 is 5.55. The van der Waals surface area contributed by atoms with Crippen LogP contribution in [0.2, 0.25) is 0 Å². The van der Waals surface area contributed by atoms with Gasteiger partial charge < -0.3 is 20.5 Å². The van der Waals surface area contributed by atoms with E-state index < -0.39 is 0 Å². The van der Waals surface area contributed by atoms with Crippen molar-refractivity contribution in [3.8, 4) is 0 Å². The number of thiophene rings is 1. The van der Waals surface area contributed by atoms with Crippen molar-refractivity contribution in [2.24, 2.45) is 4.99 Å². The Morgan fingerprint density at radius 2 is 2.00 bits per heavy atom. The number of aliphatic imine (C=N–C) groups is 1. The molecule has 3 N–H and O–H groups in total. The molecule has 0 spiro atoms. The number of hydrogen-bond donors (Lipinski definition) is 3. The molecule has 8 heteroatoms. The highest BCUT2D eigenvalue weighted by atomic mass is 127. The zero-order valence-corrected chi connectivity index (χ0v) is 20.2. The molecular weight excluding hydrogens is 487 g/mol. The Kier molecular flexibility index (Phi) is 10.5. The third-order valence-electron chi connectivity index (χ3n) is 5.38. The molecule has 1 aromatic heterocycles. The molecule has 0 radical (unpaired) electrons. The van der Waals surface area contributed by atoms with Crippen molar-refractivity contribution in [3.63, 3.8) is 0 Å². The van der Waals surface area contributed by atoms with Crippen molar-refractivity contribution < 1.29 is 9.84 Å². The number of rotatable bonds is 6. The topological polar surface area (TPSA) is 69.1 Å². The van der Waals surface area contributed by atoms with E-state index in [0.717, 1.165) is 71.0 Å². The highest BCUT2D eigenvalue weighted by Crippen LogP contribution is 2.28. The second-order valence-electron chi connectivity index (χ2n) is 7.48. The molecular formula is C20H35IN4O2S. The molecule has 1 aliphatic heterocycles. The number of hydrogen-bond acceptors (Lipinski definition) is 5. The lowest BCUT2D eigenvalue weighted by molar-refractivity contribution is 0.0186. The first-order valence-electron chi connectivity index (χ1n) is 10.3. The fraction of sp³-hybridized carbons (Fsp3) is 0.750. The van der Waals surface area contributed by atoms with Crippen molar-refractivity contribution in [3.05, 3.63) is 21.9 Å². The Morgan fingerprint density at radius 3 is 2.61 bits per heavy atom. The van der Waals surface area contributed by atoms with E-state index >= 15 is 0 Å². The minimum Gasteiger partial charge on any atom is -0.393 e. The van der Waals surface area contributed by atoms with Gasteiger partial charge in [0.15, 0.2) is 5.96 Å². The molecule has 2 heterocycles. The van der Waals surface area contributed by atoms with Gasteiger partial charge in [0.2, 0.25) is 0 Å². The Bertz CT molecular complexity index is 599. The second kappa shape index (κ2) is 12.3. The van der Waals surface area contributed by atoms with E-state index in [4.69, 9.17) is 9.73 Å². The molecule has 28 heavy (non-hydrogen) atoms. The number of halogens is 1. The third kappa shape index (κ3) is 7.12. The van der Waals surface area contributed by atoms with E-state index in [1.165, 1.54) is 9.75 Å². The van der Waals surface area contributed by atoms with Crippen LogP contribution in [0.3, 0.4) is 0 Å². The van der Waals surface area contributed by atoms with Crippen LogP contribution < -0.4 is 10.6 Å². The summed E-state index contributed by atoms with van der Waals surface area (Å²) >= 11 is 1.87. The molecule has 160 valence electrons. The van der Waals surface area contributed by atoms with Crippen LogP contribution in [0.5, 0.6) is 0 Å². The van der Waals surface area contributed by atoms with Gasteiger partial charge in [-0.1, -0.05) is 0 Å². The number of nitrogens with zero attached hydrogens (tertiary/aromatic N) is 2. The number of guanidine groups is 1. The fourth-order valence-electron chi connectivity index (χ4n) is 3.82. The Hall–Kier alpha value is -0.420. The first-order chi connectivity index (χ1) is 13.2. The summed E-state index contributed by atoms with van der Waals surface area (Å²) in [5.41, 5.74) is 0. The van der Waals surface area contributed by atoms with Crippen LogP contribution in [0, 0.1) is 6.92 Å². The maximum atomic E-state index is 9.72. The summed E-state index contributed by atoms with van der Waals surface area (Å²) in [6, 6.07) is 5.15. The lowest BCUT2D eigenvalue weighted by atomic mass is 9.93. The van der Waals surface area contributed by atoms with Gasteiger partial charge in [-0.05, 0) is 51.7 Å². The molecule has 0 aromatic carbocycles. The summed E-state index contributed by atoms with van der Waals surface area (Å²) in [7, 11) is 0. The molecule has 1 aromatic rings. The molecule has 1 unspecified atom stereocenters. The van der Waals surface area contributed by atoms with Crippen LogP contribution in [0.4, 0.5) is 0 Å². The van der Waals surface area contributed by atoms with E-state index in [0.29, 0.717) is 12.1 Å². The van der Waals surface area contributed by atoms with Gasteiger partial charge in [-0.2, -0.15) is 0 Å². The van der Waals surface area contributed by atoms with Gasteiger partial charge >= 0.3 is 0 Å². The van der Waals surface area contributed by atoms with E-state index in [1.54, 1.807) is 0 Å². The Balaban J connectivity index is 0.00000280. The van der Waals surface area contributed by atoms with Crippen molar-refractivity contribution in [2.75, 3.05) is 39.4 Å². The highest BCUT2D eigenvalue weighted by molar-refractivity contribution is 14.0. The van der Waals surface area contributed by atoms with Gasteiger partial charge in [-0.25, -0.2) is 0 Å².